The number of rotatable bonds is 10. The Morgan fingerprint density at radius 3 is 2.27 bits per heavy atom. The minimum atomic E-state index is 0.0408. The number of hydrogen-bond acceptors (Lipinski definition) is 4. The summed E-state index contributed by atoms with van der Waals surface area (Å²) in [5, 5.41) is 0. The molecule has 0 aliphatic carbocycles. The summed E-state index contributed by atoms with van der Waals surface area (Å²) in [7, 11) is 3.27. The molecule has 0 amide bonds. The summed E-state index contributed by atoms with van der Waals surface area (Å²) in [4.78, 5) is 12.9. The third-order valence-electron chi connectivity index (χ3n) is 4.34. The van der Waals surface area contributed by atoms with Crippen molar-refractivity contribution in [2.45, 2.75) is 39.5 Å². The van der Waals surface area contributed by atoms with Gasteiger partial charge in [-0.1, -0.05) is 32.4 Å². The zero-order chi connectivity index (χ0) is 18.9. The van der Waals surface area contributed by atoms with Gasteiger partial charge in [0.25, 0.3) is 0 Å². The summed E-state index contributed by atoms with van der Waals surface area (Å²) in [6.45, 7) is 4.75. The number of Topliss-reactive ketones (excluding diaryl/α,β-unsaturated/α-hetero) is 1. The molecule has 4 heteroatoms. The fourth-order valence-corrected chi connectivity index (χ4v) is 2.76. The molecule has 0 heterocycles. The lowest BCUT2D eigenvalue weighted by atomic mass is 9.98. The predicted molar refractivity (Wildman–Crippen MR) is 104 cm³/mol. The molecule has 0 N–H and O–H groups in total. The number of carbonyl (C=O) groups excluding carboxylic acids is 1. The standard InChI is InChI=1S/C22H28O4/c1-5-7-12-26-22-15-21(25-4)17(6-2)14-19(22)20(23)13-16-8-10-18(24-3)11-9-16/h8-11,14-15H,5-7,12-13H2,1-4H3. The normalized spacial score (nSPS) is 10.5. The number of unbranched alkanes of at least 4 members (excludes halogenated alkanes) is 1. The van der Waals surface area contributed by atoms with Gasteiger partial charge in [-0.15, -0.1) is 0 Å². The number of carbonyl (C=O) groups is 1. The number of aryl methyl sites for hydroxylation is 1. The topological polar surface area (TPSA) is 44.8 Å². The molecular weight excluding hydrogens is 328 g/mol. The summed E-state index contributed by atoms with van der Waals surface area (Å²) in [6.07, 6.45) is 3.11. The maximum absolute atomic E-state index is 12.9. The van der Waals surface area contributed by atoms with Gasteiger partial charge < -0.3 is 14.2 Å². The summed E-state index contributed by atoms with van der Waals surface area (Å²) >= 11 is 0. The Hall–Kier alpha value is -2.49. The van der Waals surface area contributed by atoms with Crippen LogP contribution in [0.1, 0.15) is 48.2 Å². The largest absolute Gasteiger partial charge is 0.497 e. The Labute approximate surface area is 156 Å². The van der Waals surface area contributed by atoms with Gasteiger partial charge in [0.1, 0.15) is 17.2 Å². The summed E-state index contributed by atoms with van der Waals surface area (Å²) in [5.41, 5.74) is 2.58. The van der Waals surface area contributed by atoms with Gasteiger partial charge in [-0.25, -0.2) is 0 Å². The van der Waals surface area contributed by atoms with Crippen LogP contribution in [0.2, 0.25) is 0 Å². The molecule has 0 atom stereocenters. The predicted octanol–water partition coefficient (Wildman–Crippen LogP) is 4.87. The highest BCUT2D eigenvalue weighted by Crippen LogP contribution is 2.31. The quantitative estimate of drug-likeness (QED) is 0.450. The van der Waals surface area contributed by atoms with Gasteiger partial charge in [-0.2, -0.15) is 0 Å². The summed E-state index contributed by atoms with van der Waals surface area (Å²) in [5.74, 6) is 2.19. The molecule has 0 radical (unpaired) electrons. The highest BCUT2D eigenvalue weighted by Gasteiger charge is 2.17. The summed E-state index contributed by atoms with van der Waals surface area (Å²) < 4.78 is 16.5. The lowest BCUT2D eigenvalue weighted by molar-refractivity contribution is 0.0988. The number of hydrogen-bond donors (Lipinski definition) is 0. The van der Waals surface area contributed by atoms with Crippen LogP contribution in [-0.4, -0.2) is 26.6 Å². The maximum Gasteiger partial charge on any atom is 0.170 e. The number of methoxy groups -OCH3 is 2. The SMILES string of the molecule is CCCCOc1cc(OC)c(CC)cc1C(=O)Cc1ccc(OC)cc1. The maximum atomic E-state index is 12.9. The molecule has 0 aromatic heterocycles. The van der Waals surface area contributed by atoms with E-state index < -0.39 is 0 Å². The lowest BCUT2D eigenvalue weighted by Crippen LogP contribution is -2.09. The van der Waals surface area contributed by atoms with E-state index in [0.29, 0.717) is 24.3 Å². The van der Waals surface area contributed by atoms with Crippen molar-refractivity contribution < 1.29 is 19.0 Å². The van der Waals surface area contributed by atoms with Crippen LogP contribution in [0, 0.1) is 0 Å². The number of ether oxygens (including phenoxy) is 3. The van der Waals surface area contributed by atoms with Crippen molar-refractivity contribution in [3.63, 3.8) is 0 Å². The highest BCUT2D eigenvalue weighted by molar-refractivity contribution is 6.00. The number of benzene rings is 2. The minimum absolute atomic E-state index is 0.0408. The molecule has 2 aromatic rings. The first-order valence-electron chi connectivity index (χ1n) is 9.12. The van der Waals surface area contributed by atoms with Crippen molar-refractivity contribution in [2.24, 2.45) is 0 Å². The van der Waals surface area contributed by atoms with Crippen molar-refractivity contribution in [1.29, 1.82) is 0 Å². The lowest BCUT2D eigenvalue weighted by Gasteiger charge is -2.15. The van der Waals surface area contributed by atoms with Crippen LogP contribution < -0.4 is 14.2 Å². The average Bonchev–Trinajstić information content (AvgIpc) is 2.68. The van der Waals surface area contributed by atoms with Gasteiger partial charge in [0.15, 0.2) is 5.78 Å². The van der Waals surface area contributed by atoms with Crippen molar-refractivity contribution in [3.8, 4) is 17.2 Å². The molecule has 0 bridgehead atoms. The molecule has 0 saturated heterocycles. The fourth-order valence-electron chi connectivity index (χ4n) is 2.76. The van der Waals surface area contributed by atoms with E-state index in [1.807, 2.05) is 43.3 Å². The van der Waals surface area contributed by atoms with Crippen molar-refractivity contribution in [3.05, 3.63) is 53.1 Å². The van der Waals surface area contributed by atoms with Crippen molar-refractivity contribution >= 4 is 5.78 Å². The van der Waals surface area contributed by atoms with Crippen LogP contribution in [0.4, 0.5) is 0 Å². The van der Waals surface area contributed by atoms with E-state index in [0.717, 1.165) is 41.9 Å². The second-order valence-corrected chi connectivity index (χ2v) is 6.16. The first kappa shape index (κ1) is 19.8. The smallest absolute Gasteiger partial charge is 0.170 e. The van der Waals surface area contributed by atoms with Gasteiger partial charge in [0.05, 0.1) is 26.4 Å². The molecule has 0 saturated carbocycles. The highest BCUT2D eigenvalue weighted by atomic mass is 16.5. The average molecular weight is 356 g/mol. The Morgan fingerprint density at radius 1 is 0.962 bits per heavy atom. The molecule has 2 aromatic carbocycles. The van der Waals surface area contributed by atoms with Crippen LogP contribution >= 0.6 is 0 Å². The van der Waals surface area contributed by atoms with Crippen LogP contribution in [0.25, 0.3) is 0 Å². The molecule has 0 fully saturated rings. The molecule has 0 spiro atoms. The van der Waals surface area contributed by atoms with Crippen LogP contribution in [-0.2, 0) is 12.8 Å². The minimum Gasteiger partial charge on any atom is -0.497 e. The van der Waals surface area contributed by atoms with Gasteiger partial charge in [-0.3, -0.25) is 4.79 Å². The molecule has 0 aliphatic rings. The molecule has 0 unspecified atom stereocenters. The monoisotopic (exact) mass is 356 g/mol. The van der Waals surface area contributed by atoms with E-state index in [9.17, 15) is 4.79 Å². The molecule has 140 valence electrons. The van der Waals surface area contributed by atoms with E-state index in [4.69, 9.17) is 14.2 Å². The van der Waals surface area contributed by atoms with E-state index >= 15 is 0 Å². The van der Waals surface area contributed by atoms with E-state index in [2.05, 4.69) is 6.92 Å². The Bertz CT molecular complexity index is 720. The first-order valence-corrected chi connectivity index (χ1v) is 9.12. The van der Waals surface area contributed by atoms with Crippen LogP contribution in [0.3, 0.4) is 0 Å². The van der Waals surface area contributed by atoms with Crippen molar-refractivity contribution in [1.82, 2.24) is 0 Å². The first-order chi connectivity index (χ1) is 12.6. The second kappa shape index (κ2) is 9.85. The van der Waals surface area contributed by atoms with Crippen LogP contribution in [0.15, 0.2) is 36.4 Å². The zero-order valence-corrected chi connectivity index (χ0v) is 16.1. The van der Waals surface area contributed by atoms with E-state index in [-0.39, 0.29) is 5.78 Å². The Kier molecular flexibility index (Phi) is 7.52. The van der Waals surface area contributed by atoms with Gasteiger partial charge >= 0.3 is 0 Å². The Morgan fingerprint density at radius 2 is 1.69 bits per heavy atom. The molecular formula is C22H28O4. The molecule has 4 nitrogen and oxygen atoms in total. The molecule has 2 rings (SSSR count). The zero-order valence-electron chi connectivity index (χ0n) is 16.1. The second-order valence-electron chi connectivity index (χ2n) is 6.16. The van der Waals surface area contributed by atoms with Gasteiger partial charge in [0, 0.05) is 12.5 Å². The van der Waals surface area contributed by atoms with Crippen molar-refractivity contribution in [2.75, 3.05) is 20.8 Å². The van der Waals surface area contributed by atoms with E-state index in [1.54, 1.807) is 14.2 Å². The fraction of sp³-hybridized carbons (Fsp3) is 0.409. The number of ketones is 1. The van der Waals surface area contributed by atoms with Gasteiger partial charge in [-0.05, 0) is 42.2 Å². The summed E-state index contributed by atoms with van der Waals surface area (Å²) in [6, 6.07) is 11.3. The third-order valence-corrected chi connectivity index (χ3v) is 4.34. The third kappa shape index (κ3) is 5.01. The van der Waals surface area contributed by atoms with E-state index in [1.165, 1.54) is 0 Å². The Balaban J connectivity index is 2.29. The van der Waals surface area contributed by atoms with Gasteiger partial charge in [0.2, 0.25) is 0 Å². The molecule has 0 aliphatic heterocycles. The van der Waals surface area contributed by atoms with Crippen LogP contribution in [0.5, 0.6) is 17.2 Å². The molecule has 26 heavy (non-hydrogen) atoms.